The Balaban J connectivity index is 1.33. The average molecular weight is 441 g/mol. The van der Waals surface area contributed by atoms with E-state index in [1.54, 1.807) is 12.4 Å². The van der Waals surface area contributed by atoms with Gasteiger partial charge in [0, 0.05) is 62.1 Å². The zero-order valence-electron chi connectivity index (χ0n) is 17.4. The summed E-state index contributed by atoms with van der Waals surface area (Å²) in [5.74, 6) is 2.76. The number of anilines is 1. The van der Waals surface area contributed by atoms with Crippen LogP contribution >= 0.6 is 11.6 Å². The van der Waals surface area contributed by atoms with Gasteiger partial charge in [-0.25, -0.2) is 9.97 Å². The Labute approximate surface area is 186 Å². The number of guanidine groups is 1. The van der Waals surface area contributed by atoms with Crippen molar-refractivity contribution in [3.63, 3.8) is 0 Å². The summed E-state index contributed by atoms with van der Waals surface area (Å²) in [6.45, 7) is 6.83. The van der Waals surface area contributed by atoms with E-state index in [4.69, 9.17) is 21.1 Å². The van der Waals surface area contributed by atoms with Gasteiger partial charge in [0.05, 0.1) is 6.54 Å². The maximum Gasteiger partial charge on any atom is 0.228 e. The molecule has 1 aliphatic heterocycles. The first-order chi connectivity index (χ1) is 15.2. The van der Waals surface area contributed by atoms with Crippen molar-refractivity contribution >= 4 is 23.5 Å². The highest BCUT2D eigenvalue weighted by Crippen LogP contribution is 2.20. The summed E-state index contributed by atoms with van der Waals surface area (Å²) in [7, 11) is 0. The highest BCUT2D eigenvalue weighted by atomic mass is 35.5. The largest absolute Gasteiger partial charge is 0.357 e. The zero-order valence-corrected chi connectivity index (χ0v) is 18.2. The molecule has 162 valence electrons. The second-order valence-electron chi connectivity index (χ2n) is 7.03. The van der Waals surface area contributed by atoms with Crippen LogP contribution in [0.2, 0.25) is 5.02 Å². The molecule has 2 aromatic heterocycles. The lowest BCUT2D eigenvalue weighted by Gasteiger charge is -2.36. The monoisotopic (exact) mass is 440 g/mol. The number of nitrogens with zero attached hydrogens (tertiary/aromatic N) is 7. The molecule has 0 amide bonds. The molecule has 0 unspecified atom stereocenters. The van der Waals surface area contributed by atoms with Crippen molar-refractivity contribution < 1.29 is 4.52 Å². The fraction of sp³-hybridized carbons (Fsp3) is 0.381. The number of rotatable bonds is 6. The van der Waals surface area contributed by atoms with Crippen LogP contribution in [0.25, 0.3) is 11.4 Å². The molecular weight excluding hydrogens is 416 g/mol. The molecule has 0 saturated carbocycles. The third-order valence-corrected chi connectivity index (χ3v) is 5.12. The van der Waals surface area contributed by atoms with Gasteiger partial charge in [0.1, 0.15) is 0 Å². The first-order valence-electron chi connectivity index (χ1n) is 10.4. The number of aromatic nitrogens is 4. The summed E-state index contributed by atoms with van der Waals surface area (Å²) in [4.78, 5) is 22.3. The van der Waals surface area contributed by atoms with E-state index in [0.717, 1.165) is 50.2 Å². The molecule has 0 bridgehead atoms. The number of benzene rings is 1. The molecule has 1 fully saturated rings. The summed E-state index contributed by atoms with van der Waals surface area (Å²) < 4.78 is 5.38. The van der Waals surface area contributed by atoms with Gasteiger partial charge in [0.15, 0.2) is 5.96 Å². The molecular formula is C21H25ClN8O. The molecule has 1 aromatic carbocycles. The third-order valence-electron chi connectivity index (χ3n) is 4.89. The molecule has 3 aromatic rings. The molecule has 0 spiro atoms. The minimum Gasteiger partial charge on any atom is -0.357 e. The van der Waals surface area contributed by atoms with Crippen LogP contribution in [0.15, 0.2) is 52.2 Å². The number of aliphatic imine (C=N–C) groups is 1. The Morgan fingerprint density at radius 1 is 1.16 bits per heavy atom. The Morgan fingerprint density at radius 3 is 2.71 bits per heavy atom. The van der Waals surface area contributed by atoms with E-state index >= 15 is 0 Å². The molecule has 4 rings (SSSR count). The maximum atomic E-state index is 6.04. The van der Waals surface area contributed by atoms with E-state index in [-0.39, 0.29) is 0 Å². The molecule has 3 heterocycles. The van der Waals surface area contributed by atoms with Crippen molar-refractivity contribution in [2.75, 3.05) is 44.2 Å². The van der Waals surface area contributed by atoms with Crippen LogP contribution in [0.5, 0.6) is 0 Å². The fourth-order valence-electron chi connectivity index (χ4n) is 3.36. The van der Waals surface area contributed by atoms with Gasteiger partial charge in [-0.15, -0.1) is 0 Å². The van der Waals surface area contributed by atoms with Gasteiger partial charge in [0.2, 0.25) is 17.7 Å². The number of hydrogen-bond acceptors (Lipinski definition) is 7. The highest BCUT2D eigenvalue weighted by molar-refractivity contribution is 6.30. The topological polar surface area (TPSA) is 95.6 Å². The standard InChI is InChI=1S/C21H25ClN8O/c1-2-23-20(29-11-13-30(14-12-29)21-24-8-4-9-25-21)26-10-7-18-27-19(28-31-18)16-5-3-6-17(22)15-16/h3-6,8-9,15H,2,7,10-14H2,1H3,(H,23,26). The quantitative estimate of drug-likeness (QED) is 0.461. The van der Waals surface area contributed by atoms with Crippen LogP contribution in [0.3, 0.4) is 0 Å². The fourth-order valence-corrected chi connectivity index (χ4v) is 3.55. The van der Waals surface area contributed by atoms with Gasteiger partial charge in [-0.2, -0.15) is 4.98 Å². The smallest absolute Gasteiger partial charge is 0.228 e. The lowest BCUT2D eigenvalue weighted by atomic mass is 10.2. The molecule has 1 saturated heterocycles. The Kier molecular flexibility index (Phi) is 6.93. The predicted octanol–water partition coefficient (Wildman–Crippen LogP) is 2.51. The molecule has 10 heteroatoms. The molecule has 0 aliphatic carbocycles. The summed E-state index contributed by atoms with van der Waals surface area (Å²) >= 11 is 6.04. The van der Waals surface area contributed by atoms with E-state index in [0.29, 0.717) is 29.7 Å². The SMILES string of the molecule is CCNC(=NCCc1nc(-c2cccc(Cl)c2)no1)N1CCN(c2ncccn2)CC1. The molecule has 9 nitrogen and oxygen atoms in total. The van der Waals surface area contributed by atoms with E-state index < -0.39 is 0 Å². The van der Waals surface area contributed by atoms with Crippen LogP contribution in [-0.4, -0.2) is 70.2 Å². The van der Waals surface area contributed by atoms with Crippen molar-refractivity contribution in [2.24, 2.45) is 4.99 Å². The van der Waals surface area contributed by atoms with E-state index in [9.17, 15) is 0 Å². The molecule has 1 aliphatic rings. The van der Waals surface area contributed by atoms with Crippen LogP contribution in [0.1, 0.15) is 12.8 Å². The van der Waals surface area contributed by atoms with Crippen molar-refractivity contribution in [3.8, 4) is 11.4 Å². The summed E-state index contributed by atoms with van der Waals surface area (Å²) in [5.41, 5.74) is 0.833. The highest BCUT2D eigenvalue weighted by Gasteiger charge is 2.21. The number of nitrogens with one attached hydrogen (secondary N) is 1. The van der Waals surface area contributed by atoms with Gasteiger partial charge in [-0.1, -0.05) is 28.9 Å². The Bertz CT molecular complexity index is 1000. The summed E-state index contributed by atoms with van der Waals surface area (Å²) in [5, 5.41) is 8.07. The Hall–Kier alpha value is -3.20. The van der Waals surface area contributed by atoms with E-state index in [1.807, 2.05) is 30.3 Å². The first kappa shape index (κ1) is 21.0. The van der Waals surface area contributed by atoms with Gasteiger partial charge in [-0.3, -0.25) is 4.99 Å². The second-order valence-corrected chi connectivity index (χ2v) is 7.47. The number of halogens is 1. The first-order valence-corrected chi connectivity index (χ1v) is 10.7. The lowest BCUT2D eigenvalue weighted by molar-refractivity contribution is 0.367. The molecule has 0 radical (unpaired) electrons. The van der Waals surface area contributed by atoms with Gasteiger partial charge >= 0.3 is 0 Å². The minimum absolute atomic E-state index is 0.535. The van der Waals surface area contributed by atoms with Gasteiger partial charge < -0.3 is 19.6 Å². The van der Waals surface area contributed by atoms with Crippen LogP contribution in [-0.2, 0) is 6.42 Å². The lowest BCUT2D eigenvalue weighted by Crippen LogP contribution is -2.53. The van der Waals surface area contributed by atoms with Crippen LogP contribution in [0, 0.1) is 0 Å². The zero-order chi connectivity index (χ0) is 21.5. The van der Waals surface area contributed by atoms with Gasteiger partial charge in [0.25, 0.3) is 0 Å². The molecule has 31 heavy (non-hydrogen) atoms. The number of hydrogen-bond donors (Lipinski definition) is 1. The second kappa shape index (κ2) is 10.2. The summed E-state index contributed by atoms with van der Waals surface area (Å²) in [6.07, 6.45) is 4.12. The predicted molar refractivity (Wildman–Crippen MR) is 120 cm³/mol. The van der Waals surface area contributed by atoms with Crippen LogP contribution in [0.4, 0.5) is 5.95 Å². The van der Waals surface area contributed by atoms with E-state index in [1.165, 1.54) is 0 Å². The molecule has 1 N–H and O–H groups in total. The summed E-state index contributed by atoms with van der Waals surface area (Å²) in [6, 6.07) is 9.23. The normalized spacial score (nSPS) is 14.7. The van der Waals surface area contributed by atoms with Gasteiger partial charge in [-0.05, 0) is 25.1 Å². The van der Waals surface area contributed by atoms with Crippen molar-refractivity contribution in [1.82, 2.24) is 30.3 Å². The average Bonchev–Trinajstić information content (AvgIpc) is 3.28. The Morgan fingerprint density at radius 2 is 1.97 bits per heavy atom. The van der Waals surface area contributed by atoms with Crippen molar-refractivity contribution in [2.45, 2.75) is 13.3 Å². The molecule has 0 atom stereocenters. The third kappa shape index (κ3) is 5.49. The van der Waals surface area contributed by atoms with Crippen molar-refractivity contribution in [3.05, 3.63) is 53.6 Å². The van der Waals surface area contributed by atoms with Crippen LogP contribution < -0.4 is 10.2 Å². The maximum absolute atomic E-state index is 6.04. The van der Waals surface area contributed by atoms with E-state index in [2.05, 4.69) is 42.1 Å². The minimum atomic E-state index is 0.535. The number of piperazine rings is 1. The van der Waals surface area contributed by atoms with Crippen molar-refractivity contribution in [1.29, 1.82) is 0 Å².